The van der Waals surface area contributed by atoms with Gasteiger partial charge in [-0.2, -0.15) is 0 Å². The monoisotopic (exact) mass is 330 g/mol. The molecular formula is C18H18O6. The van der Waals surface area contributed by atoms with Crippen LogP contribution >= 0.6 is 0 Å². The van der Waals surface area contributed by atoms with Gasteiger partial charge in [0.05, 0.1) is 7.11 Å². The number of hydrogen-bond donors (Lipinski definition) is 2. The Hall–Kier alpha value is -3.02. The minimum atomic E-state index is -1.18. The lowest BCUT2D eigenvalue weighted by Crippen LogP contribution is -2.14. The molecule has 2 aromatic carbocycles. The lowest BCUT2D eigenvalue weighted by atomic mass is 9.98. The Bertz CT molecular complexity index is 724. The molecule has 0 fully saturated rings. The quantitative estimate of drug-likeness (QED) is 0.773. The summed E-state index contributed by atoms with van der Waals surface area (Å²) in [5, 5.41) is 18.3. The van der Waals surface area contributed by atoms with E-state index in [4.69, 9.17) is 14.6 Å². The summed E-state index contributed by atoms with van der Waals surface area (Å²) >= 11 is 0. The van der Waals surface area contributed by atoms with Crippen molar-refractivity contribution in [2.24, 2.45) is 0 Å². The number of aliphatic carboxylic acids is 1. The third kappa shape index (κ3) is 4.49. The van der Waals surface area contributed by atoms with Gasteiger partial charge in [0, 0.05) is 6.07 Å². The van der Waals surface area contributed by atoms with E-state index in [2.05, 4.69) is 0 Å². The van der Waals surface area contributed by atoms with Crippen LogP contribution in [0.4, 0.5) is 0 Å². The molecule has 0 heterocycles. The summed E-state index contributed by atoms with van der Waals surface area (Å²) < 4.78 is 10.3. The molecule has 0 radical (unpaired) electrons. The van der Waals surface area contributed by atoms with Gasteiger partial charge in [0.1, 0.15) is 17.1 Å². The second-order valence-corrected chi connectivity index (χ2v) is 5.13. The fourth-order valence-electron chi connectivity index (χ4n) is 2.38. The molecule has 0 aromatic heterocycles. The molecule has 0 spiro atoms. The molecule has 126 valence electrons. The van der Waals surface area contributed by atoms with E-state index in [0.717, 1.165) is 5.56 Å². The fraction of sp³-hybridized carbons (Fsp3) is 0.222. The topological polar surface area (TPSA) is 93.1 Å². The number of carbonyl (C=O) groups is 2. The summed E-state index contributed by atoms with van der Waals surface area (Å²) in [4.78, 5) is 22.3. The van der Waals surface area contributed by atoms with E-state index in [1.54, 1.807) is 6.07 Å². The maximum atomic E-state index is 11.6. The molecular weight excluding hydrogens is 312 g/mol. The molecule has 2 aromatic rings. The smallest absolute Gasteiger partial charge is 0.341 e. The lowest BCUT2D eigenvalue weighted by molar-refractivity contribution is -0.139. The maximum Gasteiger partial charge on any atom is 0.341 e. The van der Waals surface area contributed by atoms with Crippen LogP contribution in [-0.2, 0) is 17.6 Å². The van der Waals surface area contributed by atoms with E-state index >= 15 is 0 Å². The Labute approximate surface area is 139 Å². The molecule has 0 aliphatic carbocycles. The highest BCUT2D eigenvalue weighted by Crippen LogP contribution is 2.30. The van der Waals surface area contributed by atoms with Crippen molar-refractivity contribution in [3.8, 4) is 11.5 Å². The predicted molar refractivity (Wildman–Crippen MR) is 86.9 cm³/mol. The fourth-order valence-corrected chi connectivity index (χ4v) is 2.38. The van der Waals surface area contributed by atoms with Gasteiger partial charge >= 0.3 is 11.9 Å². The van der Waals surface area contributed by atoms with Crippen molar-refractivity contribution in [1.29, 1.82) is 0 Å². The van der Waals surface area contributed by atoms with Gasteiger partial charge in [0.25, 0.3) is 0 Å². The SMILES string of the molecule is COc1cc(CCc2ccccc2)c(C(=O)O)c(OCC(=O)O)c1. The number of methoxy groups -OCH3 is 1. The van der Waals surface area contributed by atoms with Crippen LogP contribution in [0.15, 0.2) is 42.5 Å². The zero-order valence-corrected chi connectivity index (χ0v) is 13.2. The third-order valence-corrected chi connectivity index (χ3v) is 3.48. The first-order valence-electron chi connectivity index (χ1n) is 7.34. The van der Waals surface area contributed by atoms with Gasteiger partial charge in [0.15, 0.2) is 6.61 Å². The zero-order valence-electron chi connectivity index (χ0n) is 13.2. The molecule has 0 saturated carbocycles. The summed E-state index contributed by atoms with van der Waals surface area (Å²) in [6, 6.07) is 12.7. The first-order valence-corrected chi connectivity index (χ1v) is 7.34. The minimum Gasteiger partial charge on any atom is -0.497 e. The Kier molecular flexibility index (Phi) is 5.78. The summed E-state index contributed by atoms with van der Waals surface area (Å²) in [5.74, 6) is -1.93. The second kappa shape index (κ2) is 8.01. The first-order chi connectivity index (χ1) is 11.5. The molecule has 0 aliphatic rings. The number of ether oxygens (including phenoxy) is 2. The molecule has 0 bridgehead atoms. The molecule has 0 amide bonds. The molecule has 6 heteroatoms. The van der Waals surface area contributed by atoms with Crippen LogP contribution in [0.2, 0.25) is 0 Å². The van der Waals surface area contributed by atoms with Gasteiger partial charge in [-0.05, 0) is 30.0 Å². The summed E-state index contributed by atoms with van der Waals surface area (Å²) in [6.45, 7) is -0.619. The number of carboxylic acid groups (broad SMARTS) is 2. The summed E-state index contributed by atoms with van der Waals surface area (Å²) in [5.41, 5.74) is 1.57. The Morgan fingerprint density at radius 2 is 1.75 bits per heavy atom. The van der Waals surface area contributed by atoms with Crippen molar-refractivity contribution in [2.75, 3.05) is 13.7 Å². The molecule has 0 unspecified atom stereocenters. The molecule has 6 nitrogen and oxygen atoms in total. The van der Waals surface area contributed by atoms with E-state index in [9.17, 15) is 14.7 Å². The lowest BCUT2D eigenvalue weighted by Gasteiger charge is -2.14. The number of rotatable bonds is 8. The van der Waals surface area contributed by atoms with E-state index in [1.165, 1.54) is 13.2 Å². The minimum absolute atomic E-state index is 0.00712. The van der Waals surface area contributed by atoms with Crippen molar-refractivity contribution in [3.63, 3.8) is 0 Å². The zero-order chi connectivity index (χ0) is 17.5. The van der Waals surface area contributed by atoms with Gasteiger partial charge in [-0.25, -0.2) is 9.59 Å². The number of benzene rings is 2. The molecule has 2 N–H and O–H groups in total. The second-order valence-electron chi connectivity index (χ2n) is 5.13. The number of carboxylic acids is 2. The largest absolute Gasteiger partial charge is 0.497 e. The van der Waals surface area contributed by atoms with Crippen LogP contribution in [0.1, 0.15) is 21.5 Å². The van der Waals surface area contributed by atoms with Crippen molar-refractivity contribution in [1.82, 2.24) is 0 Å². The van der Waals surface area contributed by atoms with Gasteiger partial charge in [0.2, 0.25) is 0 Å². The molecule has 2 rings (SSSR count). The van der Waals surface area contributed by atoms with E-state index in [-0.39, 0.29) is 11.3 Å². The predicted octanol–water partition coefficient (Wildman–Crippen LogP) is 2.64. The molecule has 24 heavy (non-hydrogen) atoms. The van der Waals surface area contributed by atoms with Gasteiger partial charge in [-0.3, -0.25) is 0 Å². The highest BCUT2D eigenvalue weighted by atomic mass is 16.5. The Morgan fingerprint density at radius 3 is 2.33 bits per heavy atom. The van der Waals surface area contributed by atoms with Crippen molar-refractivity contribution >= 4 is 11.9 Å². The van der Waals surface area contributed by atoms with Gasteiger partial charge in [-0.1, -0.05) is 30.3 Å². The first kappa shape index (κ1) is 17.3. The molecule has 0 atom stereocenters. The number of hydrogen-bond acceptors (Lipinski definition) is 4. The van der Waals surface area contributed by atoms with Crippen LogP contribution in [0.25, 0.3) is 0 Å². The highest BCUT2D eigenvalue weighted by Gasteiger charge is 2.19. The highest BCUT2D eigenvalue weighted by molar-refractivity contribution is 5.93. The molecule has 0 saturated heterocycles. The van der Waals surface area contributed by atoms with E-state index in [0.29, 0.717) is 24.2 Å². The van der Waals surface area contributed by atoms with Crippen molar-refractivity contribution < 1.29 is 29.3 Å². The third-order valence-electron chi connectivity index (χ3n) is 3.48. The standard InChI is InChI=1S/C18H18O6/c1-23-14-9-13(8-7-12-5-3-2-4-6-12)17(18(21)22)15(10-14)24-11-16(19)20/h2-6,9-10H,7-8,11H2,1H3,(H,19,20)(H,21,22). The number of aryl methyl sites for hydroxylation is 2. The normalized spacial score (nSPS) is 10.2. The average molecular weight is 330 g/mol. The van der Waals surface area contributed by atoms with Gasteiger partial charge < -0.3 is 19.7 Å². The van der Waals surface area contributed by atoms with Crippen LogP contribution in [0, 0.1) is 0 Å². The number of aromatic carboxylic acids is 1. The average Bonchev–Trinajstić information content (AvgIpc) is 2.58. The van der Waals surface area contributed by atoms with Crippen molar-refractivity contribution in [3.05, 3.63) is 59.2 Å². The van der Waals surface area contributed by atoms with Crippen LogP contribution in [0.3, 0.4) is 0 Å². The van der Waals surface area contributed by atoms with E-state index in [1.807, 2.05) is 30.3 Å². The Balaban J connectivity index is 2.34. The Morgan fingerprint density at radius 1 is 1.04 bits per heavy atom. The van der Waals surface area contributed by atoms with Crippen LogP contribution in [-0.4, -0.2) is 35.9 Å². The maximum absolute atomic E-state index is 11.6. The van der Waals surface area contributed by atoms with E-state index < -0.39 is 18.5 Å². The summed E-state index contributed by atoms with van der Waals surface area (Å²) in [6.07, 6.45) is 1.11. The van der Waals surface area contributed by atoms with Crippen molar-refractivity contribution in [2.45, 2.75) is 12.8 Å². The summed E-state index contributed by atoms with van der Waals surface area (Å²) in [7, 11) is 1.46. The molecule has 0 aliphatic heterocycles. The van der Waals surface area contributed by atoms with Crippen LogP contribution in [0.5, 0.6) is 11.5 Å². The van der Waals surface area contributed by atoms with Crippen LogP contribution < -0.4 is 9.47 Å². The van der Waals surface area contributed by atoms with Gasteiger partial charge in [-0.15, -0.1) is 0 Å².